The summed E-state index contributed by atoms with van der Waals surface area (Å²) in [6.45, 7) is 5.22. The maximum Gasteiger partial charge on any atom is 0.119 e. The smallest absolute Gasteiger partial charge is 0.119 e. The molecular formula is C13H18N2O2. The average molecular weight is 234 g/mol. The van der Waals surface area contributed by atoms with Crippen LogP contribution in [0.3, 0.4) is 0 Å². The first kappa shape index (κ1) is 13.5. The summed E-state index contributed by atoms with van der Waals surface area (Å²) in [7, 11) is 0. The van der Waals surface area contributed by atoms with Crippen LogP contribution in [0.15, 0.2) is 24.3 Å². The van der Waals surface area contributed by atoms with Gasteiger partial charge in [-0.2, -0.15) is 5.26 Å². The van der Waals surface area contributed by atoms with Crippen molar-refractivity contribution in [1.82, 2.24) is 5.32 Å². The van der Waals surface area contributed by atoms with Crippen LogP contribution in [0.4, 0.5) is 0 Å². The zero-order chi connectivity index (χ0) is 12.7. The summed E-state index contributed by atoms with van der Waals surface area (Å²) in [5.74, 6) is 0.653. The van der Waals surface area contributed by atoms with Crippen molar-refractivity contribution in [2.75, 3.05) is 19.7 Å². The van der Waals surface area contributed by atoms with E-state index >= 15 is 0 Å². The van der Waals surface area contributed by atoms with E-state index < -0.39 is 5.60 Å². The molecule has 0 spiro atoms. The van der Waals surface area contributed by atoms with Gasteiger partial charge in [-0.05, 0) is 37.7 Å². The summed E-state index contributed by atoms with van der Waals surface area (Å²) in [6, 6.07) is 8.87. The lowest BCUT2D eigenvalue weighted by Gasteiger charge is -2.23. The van der Waals surface area contributed by atoms with Crippen molar-refractivity contribution in [3.05, 3.63) is 29.8 Å². The van der Waals surface area contributed by atoms with Gasteiger partial charge in [-0.25, -0.2) is 0 Å². The van der Waals surface area contributed by atoms with Crippen LogP contribution >= 0.6 is 0 Å². The Morgan fingerprint density at radius 2 is 2.06 bits per heavy atom. The van der Waals surface area contributed by atoms with Crippen LogP contribution in [-0.2, 0) is 0 Å². The lowest BCUT2D eigenvalue weighted by atomic mass is 10.1. The van der Waals surface area contributed by atoms with Crippen LogP contribution in [-0.4, -0.2) is 30.4 Å². The average Bonchev–Trinajstić information content (AvgIpc) is 2.35. The van der Waals surface area contributed by atoms with Gasteiger partial charge in [0.2, 0.25) is 0 Å². The molecule has 4 heteroatoms. The molecule has 0 aliphatic carbocycles. The number of nitriles is 1. The SMILES string of the molecule is CCNCC(C)(O)COc1ccc(C#N)cc1. The first-order chi connectivity index (χ1) is 8.07. The fourth-order valence-electron chi connectivity index (χ4n) is 1.31. The highest BCUT2D eigenvalue weighted by molar-refractivity contribution is 5.34. The van der Waals surface area contributed by atoms with E-state index in [0.29, 0.717) is 17.9 Å². The Hall–Kier alpha value is -1.57. The third-order valence-electron chi connectivity index (χ3n) is 2.29. The molecule has 2 N–H and O–H groups in total. The molecule has 4 nitrogen and oxygen atoms in total. The Morgan fingerprint density at radius 3 is 2.59 bits per heavy atom. The van der Waals surface area contributed by atoms with Crippen molar-refractivity contribution in [1.29, 1.82) is 5.26 Å². The molecule has 0 radical (unpaired) electrons. The van der Waals surface area contributed by atoms with Crippen molar-refractivity contribution in [3.8, 4) is 11.8 Å². The summed E-state index contributed by atoms with van der Waals surface area (Å²) in [4.78, 5) is 0. The number of likely N-dealkylation sites (N-methyl/N-ethyl adjacent to an activating group) is 1. The highest BCUT2D eigenvalue weighted by atomic mass is 16.5. The first-order valence-electron chi connectivity index (χ1n) is 5.63. The van der Waals surface area contributed by atoms with Crippen LogP contribution in [0.25, 0.3) is 0 Å². The molecule has 1 unspecified atom stereocenters. The number of aliphatic hydroxyl groups is 1. The van der Waals surface area contributed by atoms with E-state index in [1.165, 1.54) is 0 Å². The monoisotopic (exact) mass is 234 g/mol. The number of nitrogens with one attached hydrogen (secondary N) is 1. The Balaban J connectivity index is 2.46. The lowest BCUT2D eigenvalue weighted by Crippen LogP contribution is -2.42. The maximum absolute atomic E-state index is 9.97. The summed E-state index contributed by atoms with van der Waals surface area (Å²) in [6.07, 6.45) is 0. The molecule has 17 heavy (non-hydrogen) atoms. The van der Waals surface area contributed by atoms with Gasteiger partial charge < -0.3 is 15.2 Å². The van der Waals surface area contributed by atoms with Gasteiger partial charge in [-0.1, -0.05) is 6.92 Å². The lowest BCUT2D eigenvalue weighted by molar-refractivity contribution is 0.0127. The van der Waals surface area contributed by atoms with Gasteiger partial charge in [0.05, 0.1) is 11.6 Å². The summed E-state index contributed by atoms with van der Waals surface area (Å²) >= 11 is 0. The molecule has 0 heterocycles. The highest BCUT2D eigenvalue weighted by Crippen LogP contribution is 2.13. The largest absolute Gasteiger partial charge is 0.491 e. The minimum Gasteiger partial charge on any atom is -0.491 e. The minimum atomic E-state index is -0.899. The zero-order valence-electron chi connectivity index (χ0n) is 10.2. The van der Waals surface area contributed by atoms with E-state index in [0.717, 1.165) is 6.54 Å². The van der Waals surface area contributed by atoms with Crippen molar-refractivity contribution in [3.63, 3.8) is 0 Å². The van der Waals surface area contributed by atoms with Gasteiger partial charge in [0.1, 0.15) is 18.0 Å². The number of benzene rings is 1. The molecule has 1 rings (SSSR count). The predicted octanol–water partition coefficient (Wildman–Crippen LogP) is 1.30. The molecule has 1 aromatic rings. The number of nitrogens with zero attached hydrogens (tertiary/aromatic N) is 1. The standard InChI is InChI=1S/C13H18N2O2/c1-3-15-9-13(2,16)10-17-12-6-4-11(8-14)5-7-12/h4-7,15-16H,3,9-10H2,1-2H3. The topological polar surface area (TPSA) is 65.3 Å². The van der Waals surface area contributed by atoms with Crippen LogP contribution in [0.2, 0.25) is 0 Å². The molecule has 0 aromatic heterocycles. The van der Waals surface area contributed by atoms with Crippen molar-refractivity contribution < 1.29 is 9.84 Å². The van der Waals surface area contributed by atoms with Gasteiger partial charge in [-0.15, -0.1) is 0 Å². The molecule has 0 bridgehead atoms. The van der Waals surface area contributed by atoms with Crippen LogP contribution in [0.5, 0.6) is 5.75 Å². The van der Waals surface area contributed by atoms with Crippen LogP contribution in [0.1, 0.15) is 19.4 Å². The van der Waals surface area contributed by atoms with Gasteiger partial charge in [0.25, 0.3) is 0 Å². The fourth-order valence-corrected chi connectivity index (χ4v) is 1.31. The molecule has 0 aliphatic heterocycles. The van der Waals surface area contributed by atoms with E-state index in [9.17, 15) is 5.11 Å². The van der Waals surface area contributed by atoms with Gasteiger partial charge in [0, 0.05) is 6.54 Å². The van der Waals surface area contributed by atoms with Gasteiger partial charge >= 0.3 is 0 Å². The Labute approximate surface area is 102 Å². The quantitative estimate of drug-likeness (QED) is 0.778. The maximum atomic E-state index is 9.97. The summed E-state index contributed by atoms with van der Waals surface area (Å²) in [5, 5.41) is 21.7. The number of rotatable bonds is 6. The number of hydrogen-bond donors (Lipinski definition) is 2. The van der Waals surface area contributed by atoms with Gasteiger partial charge in [-0.3, -0.25) is 0 Å². The molecule has 0 saturated carbocycles. The van der Waals surface area contributed by atoms with E-state index in [1.807, 2.05) is 13.0 Å². The zero-order valence-corrected chi connectivity index (χ0v) is 10.2. The minimum absolute atomic E-state index is 0.214. The molecule has 1 aromatic carbocycles. The van der Waals surface area contributed by atoms with Crippen LogP contribution < -0.4 is 10.1 Å². The first-order valence-corrected chi connectivity index (χ1v) is 5.63. The molecular weight excluding hydrogens is 216 g/mol. The number of ether oxygens (including phenoxy) is 1. The Kier molecular flexibility index (Phi) is 4.95. The second-order valence-corrected chi connectivity index (χ2v) is 4.20. The fraction of sp³-hybridized carbons (Fsp3) is 0.462. The summed E-state index contributed by atoms with van der Waals surface area (Å²) < 4.78 is 5.47. The normalized spacial score (nSPS) is 13.8. The Morgan fingerprint density at radius 1 is 1.41 bits per heavy atom. The highest BCUT2D eigenvalue weighted by Gasteiger charge is 2.20. The molecule has 92 valence electrons. The van der Waals surface area contributed by atoms with Crippen LogP contribution in [0, 0.1) is 11.3 Å². The molecule has 0 amide bonds. The van der Waals surface area contributed by atoms with E-state index in [-0.39, 0.29) is 6.61 Å². The van der Waals surface area contributed by atoms with E-state index in [1.54, 1.807) is 31.2 Å². The molecule has 0 fully saturated rings. The van der Waals surface area contributed by atoms with E-state index in [2.05, 4.69) is 5.32 Å². The van der Waals surface area contributed by atoms with Crippen molar-refractivity contribution in [2.24, 2.45) is 0 Å². The Bertz CT molecular complexity index is 379. The third kappa shape index (κ3) is 4.85. The van der Waals surface area contributed by atoms with Gasteiger partial charge in [0.15, 0.2) is 0 Å². The predicted molar refractivity (Wildman–Crippen MR) is 65.8 cm³/mol. The molecule has 1 atom stereocenters. The second-order valence-electron chi connectivity index (χ2n) is 4.20. The van der Waals surface area contributed by atoms with Crippen molar-refractivity contribution in [2.45, 2.75) is 19.4 Å². The number of hydrogen-bond acceptors (Lipinski definition) is 4. The molecule has 0 aliphatic rings. The molecule has 0 saturated heterocycles. The summed E-state index contributed by atoms with van der Waals surface area (Å²) in [5.41, 5.74) is -0.305. The second kappa shape index (κ2) is 6.24. The third-order valence-corrected chi connectivity index (χ3v) is 2.29. The van der Waals surface area contributed by atoms with Crippen molar-refractivity contribution >= 4 is 0 Å². The van der Waals surface area contributed by atoms with E-state index in [4.69, 9.17) is 10.00 Å².